The van der Waals surface area contributed by atoms with E-state index in [-0.39, 0.29) is 12.5 Å². The molecule has 2 atom stereocenters. The standard InChI is InChI=1S/C14H17NO5/c1-20-13(17)10-4-2-9(3-5-10)11-8-15(14(18)19)7-6-12(11)16/h2-5,11-12,16H,6-8H2,1H3,(H,18,19)/t11?,12-/m0/s1. The van der Waals surface area contributed by atoms with E-state index in [1.54, 1.807) is 24.3 Å². The Labute approximate surface area is 116 Å². The topological polar surface area (TPSA) is 87.1 Å². The fourth-order valence-corrected chi connectivity index (χ4v) is 2.43. The highest BCUT2D eigenvalue weighted by Gasteiger charge is 2.31. The van der Waals surface area contributed by atoms with E-state index in [4.69, 9.17) is 5.11 Å². The minimum Gasteiger partial charge on any atom is -0.465 e. The lowest BCUT2D eigenvalue weighted by Gasteiger charge is -2.34. The van der Waals surface area contributed by atoms with Crippen LogP contribution in [-0.4, -0.2) is 53.5 Å². The van der Waals surface area contributed by atoms with Gasteiger partial charge in [0.25, 0.3) is 0 Å². The van der Waals surface area contributed by atoms with Gasteiger partial charge in [-0.25, -0.2) is 9.59 Å². The number of nitrogens with zero attached hydrogens (tertiary/aromatic N) is 1. The molecule has 0 radical (unpaired) electrons. The van der Waals surface area contributed by atoms with Gasteiger partial charge < -0.3 is 19.8 Å². The first-order valence-corrected chi connectivity index (χ1v) is 6.37. The van der Waals surface area contributed by atoms with Crippen LogP contribution in [0.4, 0.5) is 4.79 Å². The molecule has 1 amide bonds. The Kier molecular flexibility index (Phi) is 4.24. The lowest BCUT2D eigenvalue weighted by molar-refractivity contribution is 0.0586. The van der Waals surface area contributed by atoms with E-state index in [9.17, 15) is 14.7 Å². The second kappa shape index (κ2) is 5.92. The number of carbonyl (C=O) groups is 2. The summed E-state index contributed by atoms with van der Waals surface area (Å²) in [5.41, 5.74) is 1.24. The molecule has 0 aliphatic carbocycles. The van der Waals surface area contributed by atoms with Gasteiger partial charge in [-0.3, -0.25) is 0 Å². The molecule has 1 aliphatic heterocycles. The number of likely N-dealkylation sites (tertiary alicyclic amines) is 1. The first-order valence-electron chi connectivity index (χ1n) is 6.37. The lowest BCUT2D eigenvalue weighted by Crippen LogP contribution is -2.44. The van der Waals surface area contributed by atoms with Crippen molar-refractivity contribution in [2.75, 3.05) is 20.2 Å². The summed E-state index contributed by atoms with van der Waals surface area (Å²) in [6, 6.07) is 6.69. The predicted molar refractivity (Wildman–Crippen MR) is 70.7 cm³/mol. The number of piperidine rings is 1. The average molecular weight is 279 g/mol. The second-order valence-electron chi connectivity index (χ2n) is 4.80. The summed E-state index contributed by atoms with van der Waals surface area (Å²) in [6.07, 6.45) is -1.14. The summed E-state index contributed by atoms with van der Waals surface area (Å²) in [4.78, 5) is 23.6. The largest absolute Gasteiger partial charge is 0.465 e. The van der Waals surface area contributed by atoms with Gasteiger partial charge in [0.2, 0.25) is 0 Å². The van der Waals surface area contributed by atoms with E-state index < -0.39 is 18.2 Å². The van der Waals surface area contributed by atoms with Gasteiger partial charge in [-0.15, -0.1) is 0 Å². The maximum absolute atomic E-state index is 11.3. The van der Waals surface area contributed by atoms with E-state index in [1.165, 1.54) is 12.0 Å². The Morgan fingerprint density at radius 2 is 1.95 bits per heavy atom. The summed E-state index contributed by atoms with van der Waals surface area (Å²) in [5.74, 6) is -0.695. The van der Waals surface area contributed by atoms with Crippen LogP contribution in [0.2, 0.25) is 0 Å². The highest BCUT2D eigenvalue weighted by molar-refractivity contribution is 5.89. The van der Waals surface area contributed by atoms with E-state index in [0.717, 1.165) is 5.56 Å². The van der Waals surface area contributed by atoms with E-state index in [1.807, 2.05) is 0 Å². The van der Waals surface area contributed by atoms with Gasteiger partial charge in [-0.05, 0) is 24.1 Å². The van der Waals surface area contributed by atoms with Crippen LogP contribution in [0, 0.1) is 0 Å². The number of aliphatic hydroxyl groups excluding tert-OH is 1. The maximum atomic E-state index is 11.3. The van der Waals surface area contributed by atoms with Crippen molar-refractivity contribution in [1.29, 1.82) is 0 Å². The van der Waals surface area contributed by atoms with Crippen LogP contribution in [0.3, 0.4) is 0 Å². The number of carbonyl (C=O) groups excluding carboxylic acids is 1. The van der Waals surface area contributed by atoms with Crippen LogP contribution < -0.4 is 0 Å². The van der Waals surface area contributed by atoms with E-state index in [0.29, 0.717) is 18.5 Å². The molecular formula is C14H17NO5. The molecule has 1 saturated heterocycles. The van der Waals surface area contributed by atoms with Crippen molar-refractivity contribution in [2.45, 2.75) is 18.4 Å². The van der Waals surface area contributed by atoms with Crippen LogP contribution in [0.5, 0.6) is 0 Å². The monoisotopic (exact) mass is 279 g/mol. The zero-order chi connectivity index (χ0) is 14.7. The van der Waals surface area contributed by atoms with Crippen LogP contribution in [0.15, 0.2) is 24.3 Å². The van der Waals surface area contributed by atoms with Crippen molar-refractivity contribution in [1.82, 2.24) is 4.90 Å². The molecular weight excluding hydrogens is 262 g/mol. The average Bonchev–Trinajstić information content (AvgIpc) is 2.47. The molecule has 1 unspecified atom stereocenters. The summed E-state index contributed by atoms with van der Waals surface area (Å²) in [7, 11) is 1.31. The maximum Gasteiger partial charge on any atom is 0.407 e. The van der Waals surface area contributed by atoms with Crippen molar-refractivity contribution in [2.24, 2.45) is 0 Å². The molecule has 108 valence electrons. The van der Waals surface area contributed by atoms with Crippen molar-refractivity contribution >= 4 is 12.1 Å². The second-order valence-corrected chi connectivity index (χ2v) is 4.80. The van der Waals surface area contributed by atoms with Crippen molar-refractivity contribution in [3.8, 4) is 0 Å². The van der Waals surface area contributed by atoms with Gasteiger partial charge in [0.1, 0.15) is 0 Å². The summed E-state index contributed by atoms with van der Waals surface area (Å²) in [5, 5.41) is 19.1. The van der Waals surface area contributed by atoms with Crippen molar-refractivity contribution < 1.29 is 24.5 Å². The highest BCUT2D eigenvalue weighted by Crippen LogP contribution is 2.27. The molecule has 6 nitrogen and oxygen atoms in total. The van der Waals surface area contributed by atoms with Crippen molar-refractivity contribution in [3.05, 3.63) is 35.4 Å². The molecule has 2 N–H and O–H groups in total. The Morgan fingerprint density at radius 3 is 2.50 bits per heavy atom. The lowest BCUT2D eigenvalue weighted by atomic mass is 9.88. The number of carboxylic acid groups (broad SMARTS) is 1. The van der Waals surface area contributed by atoms with Crippen molar-refractivity contribution in [3.63, 3.8) is 0 Å². The summed E-state index contributed by atoms with van der Waals surface area (Å²) >= 11 is 0. The smallest absolute Gasteiger partial charge is 0.407 e. The normalized spacial score (nSPS) is 22.4. The zero-order valence-electron chi connectivity index (χ0n) is 11.2. The number of amides is 1. The number of rotatable bonds is 2. The minimum atomic E-state index is -0.979. The highest BCUT2D eigenvalue weighted by atomic mass is 16.5. The van der Waals surface area contributed by atoms with E-state index in [2.05, 4.69) is 4.74 Å². The first kappa shape index (κ1) is 14.3. The van der Waals surface area contributed by atoms with Gasteiger partial charge in [-0.2, -0.15) is 0 Å². The Bertz CT molecular complexity index is 499. The molecule has 6 heteroatoms. The van der Waals surface area contributed by atoms with Gasteiger partial charge in [-0.1, -0.05) is 12.1 Å². The predicted octanol–water partition coefficient (Wildman–Crippen LogP) is 1.30. The fraction of sp³-hybridized carbons (Fsp3) is 0.429. The molecule has 1 aliphatic rings. The molecule has 1 fully saturated rings. The first-order chi connectivity index (χ1) is 9.52. The fourth-order valence-electron chi connectivity index (χ4n) is 2.43. The molecule has 1 aromatic rings. The minimum absolute atomic E-state index is 0.258. The third-order valence-electron chi connectivity index (χ3n) is 3.61. The van der Waals surface area contributed by atoms with Gasteiger partial charge in [0.05, 0.1) is 18.8 Å². The third-order valence-corrected chi connectivity index (χ3v) is 3.61. The van der Waals surface area contributed by atoms with Crippen LogP contribution >= 0.6 is 0 Å². The van der Waals surface area contributed by atoms with Gasteiger partial charge >= 0.3 is 12.1 Å². The number of benzene rings is 1. The molecule has 0 spiro atoms. The molecule has 1 aromatic carbocycles. The quantitative estimate of drug-likeness (QED) is 0.797. The zero-order valence-corrected chi connectivity index (χ0v) is 11.2. The van der Waals surface area contributed by atoms with Crippen LogP contribution in [0.1, 0.15) is 28.3 Å². The molecule has 0 bridgehead atoms. The van der Waals surface area contributed by atoms with Gasteiger partial charge in [0, 0.05) is 19.0 Å². The number of hydrogen-bond donors (Lipinski definition) is 2. The molecule has 20 heavy (non-hydrogen) atoms. The number of hydrogen-bond acceptors (Lipinski definition) is 4. The van der Waals surface area contributed by atoms with Crippen LogP contribution in [-0.2, 0) is 4.74 Å². The molecule has 0 aromatic heterocycles. The molecule has 0 saturated carbocycles. The Hall–Kier alpha value is -2.08. The number of methoxy groups -OCH3 is 1. The summed E-state index contributed by atoms with van der Waals surface area (Å²) < 4.78 is 4.62. The number of aliphatic hydroxyl groups is 1. The number of ether oxygens (including phenoxy) is 1. The number of esters is 1. The van der Waals surface area contributed by atoms with Gasteiger partial charge in [0.15, 0.2) is 0 Å². The van der Waals surface area contributed by atoms with E-state index >= 15 is 0 Å². The Morgan fingerprint density at radius 1 is 1.30 bits per heavy atom. The molecule has 1 heterocycles. The third kappa shape index (κ3) is 2.91. The summed E-state index contributed by atoms with van der Waals surface area (Å²) in [6.45, 7) is 0.599. The SMILES string of the molecule is COC(=O)c1ccc(C2CN(C(=O)O)CC[C@@H]2O)cc1. The van der Waals surface area contributed by atoms with Crippen LogP contribution in [0.25, 0.3) is 0 Å². The Balaban J connectivity index is 2.16. The molecule has 2 rings (SSSR count).